The summed E-state index contributed by atoms with van der Waals surface area (Å²) in [4.78, 5) is 4.12. The molecule has 0 spiro atoms. The highest BCUT2D eigenvalue weighted by Gasteiger charge is 2.16. The Morgan fingerprint density at radius 1 is 1.38 bits per heavy atom. The summed E-state index contributed by atoms with van der Waals surface area (Å²) in [7, 11) is 0. The summed E-state index contributed by atoms with van der Waals surface area (Å²) in [6.45, 7) is 2.05. The van der Waals surface area contributed by atoms with E-state index in [1.165, 1.54) is 0 Å². The van der Waals surface area contributed by atoms with E-state index in [9.17, 15) is 0 Å². The van der Waals surface area contributed by atoms with Gasteiger partial charge in [-0.05, 0) is 67.6 Å². The number of pyridine rings is 1. The molecule has 2 aromatic rings. The first-order valence-corrected chi connectivity index (χ1v) is 7.10. The van der Waals surface area contributed by atoms with Crippen LogP contribution in [0.4, 0.5) is 0 Å². The van der Waals surface area contributed by atoms with Gasteiger partial charge in [0, 0.05) is 12.4 Å². The van der Waals surface area contributed by atoms with Crippen LogP contribution in [0.25, 0.3) is 0 Å². The zero-order valence-electron chi connectivity index (χ0n) is 8.58. The highest BCUT2D eigenvalue weighted by Crippen LogP contribution is 2.37. The molecule has 84 valence electrons. The Hall–Kier alpha value is -0.230. The van der Waals surface area contributed by atoms with Gasteiger partial charge in [-0.15, -0.1) is 11.3 Å². The van der Waals surface area contributed by atoms with Crippen LogP contribution in [0.2, 0.25) is 0 Å². The highest BCUT2D eigenvalue weighted by molar-refractivity contribution is 9.12. The van der Waals surface area contributed by atoms with Crippen molar-refractivity contribution in [2.24, 2.45) is 5.73 Å². The van der Waals surface area contributed by atoms with Crippen molar-refractivity contribution in [3.05, 3.63) is 48.8 Å². The Balaban J connectivity index is 2.43. The van der Waals surface area contributed by atoms with Gasteiger partial charge in [-0.1, -0.05) is 0 Å². The van der Waals surface area contributed by atoms with Gasteiger partial charge in [0.25, 0.3) is 0 Å². The lowest BCUT2D eigenvalue weighted by Crippen LogP contribution is -2.13. The molecule has 0 saturated carbocycles. The normalized spacial score (nSPS) is 12.8. The molecule has 2 rings (SSSR count). The van der Waals surface area contributed by atoms with Crippen molar-refractivity contribution < 1.29 is 0 Å². The van der Waals surface area contributed by atoms with Gasteiger partial charge in [0.05, 0.1) is 13.6 Å². The summed E-state index contributed by atoms with van der Waals surface area (Å²) >= 11 is 8.62. The minimum absolute atomic E-state index is 0.134. The van der Waals surface area contributed by atoms with E-state index in [1.54, 1.807) is 17.5 Å². The van der Waals surface area contributed by atoms with Crippen LogP contribution in [0.3, 0.4) is 0 Å². The maximum atomic E-state index is 6.25. The van der Waals surface area contributed by atoms with Crippen LogP contribution in [0.5, 0.6) is 0 Å². The smallest absolute Gasteiger partial charge is 0.0761 e. The molecule has 0 aliphatic carbocycles. The summed E-state index contributed by atoms with van der Waals surface area (Å²) in [5.74, 6) is 0. The van der Waals surface area contributed by atoms with Gasteiger partial charge in [-0.2, -0.15) is 0 Å². The molecule has 0 aliphatic heterocycles. The Morgan fingerprint density at radius 3 is 2.69 bits per heavy atom. The fourth-order valence-corrected chi connectivity index (χ4v) is 4.46. The number of rotatable bonds is 2. The number of aryl methyl sites for hydroxylation is 1. The molecular weight excluding hydrogens is 352 g/mol. The maximum Gasteiger partial charge on any atom is 0.0761 e. The molecule has 0 radical (unpaired) electrons. The topological polar surface area (TPSA) is 38.9 Å². The van der Waals surface area contributed by atoms with E-state index in [-0.39, 0.29) is 6.04 Å². The molecule has 0 aromatic carbocycles. The van der Waals surface area contributed by atoms with E-state index in [1.807, 2.05) is 25.3 Å². The zero-order valence-corrected chi connectivity index (χ0v) is 12.6. The second-order valence-electron chi connectivity index (χ2n) is 3.49. The Labute approximate surface area is 115 Å². The average molecular weight is 362 g/mol. The minimum atomic E-state index is -0.134. The predicted molar refractivity (Wildman–Crippen MR) is 74.7 cm³/mol. The Kier molecular flexibility index (Phi) is 3.79. The molecule has 2 N–H and O–H groups in total. The Morgan fingerprint density at radius 2 is 2.12 bits per heavy atom. The third-order valence-electron chi connectivity index (χ3n) is 2.43. The number of hydrogen-bond donors (Lipinski definition) is 1. The highest BCUT2D eigenvalue weighted by atomic mass is 79.9. The van der Waals surface area contributed by atoms with E-state index in [4.69, 9.17) is 5.73 Å². The van der Waals surface area contributed by atoms with Crippen LogP contribution < -0.4 is 5.73 Å². The quantitative estimate of drug-likeness (QED) is 0.877. The van der Waals surface area contributed by atoms with E-state index in [2.05, 4.69) is 36.8 Å². The third-order valence-corrected chi connectivity index (χ3v) is 4.82. The lowest BCUT2D eigenvalue weighted by Gasteiger charge is -2.13. The molecule has 2 aromatic heterocycles. The number of nitrogens with zero attached hydrogens (tertiary/aromatic N) is 1. The summed E-state index contributed by atoms with van der Waals surface area (Å²) in [6.07, 6.45) is 3.61. The van der Waals surface area contributed by atoms with Gasteiger partial charge in [-0.25, -0.2) is 0 Å². The molecule has 5 heteroatoms. The van der Waals surface area contributed by atoms with Gasteiger partial charge < -0.3 is 5.73 Å². The molecule has 0 fully saturated rings. The van der Waals surface area contributed by atoms with Gasteiger partial charge >= 0.3 is 0 Å². The first-order chi connectivity index (χ1) is 7.59. The monoisotopic (exact) mass is 360 g/mol. The zero-order chi connectivity index (χ0) is 11.7. The summed E-state index contributed by atoms with van der Waals surface area (Å²) < 4.78 is 2.14. The summed E-state index contributed by atoms with van der Waals surface area (Å²) in [5.41, 5.74) is 9.56. The van der Waals surface area contributed by atoms with Crippen molar-refractivity contribution in [1.29, 1.82) is 0 Å². The van der Waals surface area contributed by atoms with Crippen LogP contribution in [0.15, 0.2) is 32.1 Å². The van der Waals surface area contributed by atoms with E-state index in [0.717, 1.165) is 24.3 Å². The predicted octanol–water partition coefficient (Wildman–Crippen LogP) is 4.02. The second-order valence-corrected chi connectivity index (χ2v) is 7.24. The molecule has 2 nitrogen and oxygen atoms in total. The molecule has 2 heterocycles. The number of hydrogen-bond acceptors (Lipinski definition) is 3. The average Bonchev–Trinajstić information content (AvgIpc) is 2.58. The molecular formula is C11H10Br2N2S. The first kappa shape index (κ1) is 12.2. The van der Waals surface area contributed by atoms with Crippen LogP contribution in [-0.4, -0.2) is 4.98 Å². The SMILES string of the molecule is Cc1ccncc1C(N)c1cc(Br)sc1Br. The molecule has 0 bridgehead atoms. The van der Waals surface area contributed by atoms with Crippen molar-refractivity contribution in [3.8, 4) is 0 Å². The van der Waals surface area contributed by atoms with E-state index in [0.29, 0.717) is 0 Å². The Bertz CT molecular complexity index is 510. The molecule has 16 heavy (non-hydrogen) atoms. The number of halogens is 2. The van der Waals surface area contributed by atoms with E-state index < -0.39 is 0 Å². The van der Waals surface area contributed by atoms with Crippen LogP contribution in [0.1, 0.15) is 22.7 Å². The van der Waals surface area contributed by atoms with Gasteiger partial charge in [0.15, 0.2) is 0 Å². The van der Waals surface area contributed by atoms with Crippen LogP contribution in [-0.2, 0) is 0 Å². The van der Waals surface area contributed by atoms with Crippen LogP contribution >= 0.6 is 43.2 Å². The lowest BCUT2D eigenvalue weighted by molar-refractivity contribution is 0.853. The lowest BCUT2D eigenvalue weighted by atomic mass is 10.0. The minimum Gasteiger partial charge on any atom is -0.320 e. The first-order valence-electron chi connectivity index (χ1n) is 4.70. The fourth-order valence-electron chi connectivity index (χ4n) is 1.53. The maximum absolute atomic E-state index is 6.25. The van der Waals surface area contributed by atoms with Gasteiger partial charge in [0.2, 0.25) is 0 Å². The standard InChI is InChI=1S/C11H10Br2N2S/c1-6-2-3-15-5-8(6)10(14)7-4-9(12)16-11(7)13/h2-5,10H,14H2,1H3. The van der Waals surface area contributed by atoms with Crippen molar-refractivity contribution in [2.45, 2.75) is 13.0 Å². The van der Waals surface area contributed by atoms with Crippen molar-refractivity contribution in [2.75, 3.05) is 0 Å². The second kappa shape index (κ2) is 4.96. The summed E-state index contributed by atoms with van der Waals surface area (Å²) in [6, 6.07) is 3.89. The van der Waals surface area contributed by atoms with Crippen molar-refractivity contribution in [1.82, 2.24) is 4.98 Å². The molecule has 0 amide bonds. The number of aromatic nitrogens is 1. The van der Waals surface area contributed by atoms with Crippen molar-refractivity contribution in [3.63, 3.8) is 0 Å². The molecule has 0 aliphatic rings. The number of thiophene rings is 1. The molecule has 1 atom stereocenters. The molecule has 0 saturated heterocycles. The molecule has 1 unspecified atom stereocenters. The van der Waals surface area contributed by atoms with Crippen LogP contribution in [0, 0.1) is 6.92 Å². The summed E-state index contributed by atoms with van der Waals surface area (Å²) in [5, 5.41) is 0. The van der Waals surface area contributed by atoms with Gasteiger partial charge in [0.1, 0.15) is 0 Å². The largest absolute Gasteiger partial charge is 0.320 e. The van der Waals surface area contributed by atoms with E-state index >= 15 is 0 Å². The number of nitrogens with two attached hydrogens (primary N) is 1. The third kappa shape index (κ3) is 2.37. The van der Waals surface area contributed by atoms with Gasteiger partial charge in [-0.3, -0.25) is 4.98 Å². The van der Waals surface area contributed by atoms with Crippen molar-refractivity contribution >= 4 is 43.2 Å². The fraction of sp³-hybridized carbons (Fsp3) is 0.182.